The number of aldehydes is 1. The first kappa shape index (κ1) is 18.3. The number of nitrogens with zero attached hydrogens (tertiary/aromatic N) is 1. The van der Waals surface area contributed by atoms with Crippen molar-refractivity contribution in [2.24, 2.45) is 5.92 Å². The molecule has 0 amide bonds. The highest BCUT2D eigenvalue weighted by molar-refractivity contribution is 5.91. The van der Waals surface area contributed by atoms with E-state index in [0.717, 1.165) is 38.0 Å². The average molecular weight is 355 g/mol. The molecule has 0 aromatic heterocycles. The lowest BCUT2D eigenvalue weighted by atomic mass is 9.99. The molecule has 2 N–H and O–H groups in total. The summed E-state index contributed by atoms with van der Waals surface area (Å²) in [7, 11) is 0. The van der Waals surface area contributed by atoms with Gasteiger partial charge in [0.1, 0.15) is 17.2 Å². The van der Waals surface area contributed by atoms with Crippen molar-refractivity contribution in [3.05, 3.63) is 42.0 Å². The van der Waals surface area contributed by atoms with Crippen molar-refractivity contribution in [3.8, 4) is 28.4 Å². The number of hydrogen-bond donors (Lipinski definition) is 2. The fraction of sp³-hybridized carbons (Fsp3) is 0.381. The maximum Gasteiger partial charge on any atom is 0.154 e. The molecule has 1 unspecified atom stereocenters. The lowest BCUT2D eigenvalue weighted by Gasteiger charge is -2.16. The zero-order valence-corrected chi connectivity index (χ0v) is 15.0. The van der Waals surface area contributed by atoms with E-state index in [1.54, 1.807) is 30.3 Å². The number of carbonyl (C=O) groups is 1. The Bertz CT molecular complexity index is 757. The molecule has 0 aliphatic carbocycles. The zero-order chi connectivity index (χ0) is 18.5. The van der Waals surface area contributed by atoms with Gasteiger partial charge in [-0.25, -0.2) is 0 Å². The van der Waals surface area contributed by atoms with Crippen LogP contribution in [0.3, 0.4) is 0 Å². The minimum Gasteiger partial charge on any atom is -0.508 e. The van der Waals surface area contributed by atoms with Gasteiger partial charge in [-0.05, 0) is 55.3 Å². The molecule has 2 aromatic carbocycles. The van der Waals surface area contributed by atoms with E-state index < -0.39 is 0 Å². The third-order valence-corrected chi connectivity index (χ3v) is 4.82. The Hall–Kier alpha value is -2.53. The summed E-state index contributed by atoms with van der Waals surface area (Å²) in [6, 6.07) is 9.78. The van der Waals surface area contributed by atoms with Crippen LogP contribution >= 0.6 is 0 Å². The Labute approximate surface area is 153 Å². The van der Waals surface area contributed by atoms with Crippen molar-refractivity contribution in [2.45, 2.75) is 19.8 Å². The number of aromatic hydroxyl groups is 2. The standard InChI is InChI=1S/C21H25NO4/c1-2-8-22-9-7-15(12-22)14-26-18-10-19(20(13-23)21(25)11-18)16-3-5-17(24)6-4-16/h3-6,10-11,13,15,24-25H,2,7-9,12,14H2,1H3. The fourth-order valence-corrected chi connectivity index (χ4v) is 3.48. The van der Waals surface area contributed by atoms with Gasteiger partial charge in [-0.3, -0.25) is 4.79 Å². The highest BCUT2D eigenvalue weighted by Gasteiger charge is 2.22. The Morgan fingerprint density at radius 3 is 2.69 bits per heavy atom. The number of benzene rings is 2. The van der Waals surface area contributed by atoms with E-state index in [1.165, 1.54) is 6.07 Å². The van der Waals surface area contributed by atoms with Crippen LogP contribution in [0, 0.1) is 5.92 Å². The zero-order valence-electron chi connectivity index (χ0n) is 15.0. The van der Waals surface area contributed by atoms with E-state index in [2.05, 4.69) is 11.8 Å². The van der Waals surface area contributed by atoms with E-state index in [9.17, 15) is 15.0 Å². The molecule has 26 heavy (non-hydrogen) atoms. The van der Waals surface area contributed by atoms with Gasteiger partial charge in [-0.2, -0.15) is 0 Å². The summed E-state index contributed by atoms with van der Waals surface area (Å²) in [5, 5.41) is 19.7. The van der Waals surface area contributed by atoms with Crippen molar-refractivity contribution >= 4 is 6.29 Å². The molecule has 5 nitrogen and oxygen atoms in total. The Balaban J connectivity index is 1.76. The second kappa shape index (κ2) is 8.23. The Morgan fingerprint density at radius 1 is 1.23 bits per heavy atom. The third kappa shape index (κ3) is 4.17. The molecule has 1 heterocycles. The minimum atomic E-state index is -0.0976. The summed E-state index contributed by atoms with van der Waals surface area (Å²) in [6.07, 6.45) is 2.91. The number of phenols is 2. The molecular formula is C21H25NO4. The predicted molar refractivity (Wildman–Crippen MR) is 101 cm³/mol. The van der Waals surface area contributed by atoms with Crippen LogP contribution in [-0.2, 0) is 0 Å². The summed E-state index contributed by atoms with van der Waals surface area (Å²) >= 11 is 0. The van der Waals surface area contributed by atoms with Gasteiger partial charge in [-0.1, -0.05) is 19.1 Å². The normalized spacial score (nSPS) is 17.3. The van der Waals surface area contributed by atoms with Crippen molar-refractivity contribution in [2.75, 3.05) is 26.2 Å². The SMILES string of the molecule is CCCN1CCC(COc2cc(O)c(C=O)c(-c3ccc(O)cc3)c2)C1. The number of hydrogen-bond acceptors (Lipinski definition) is 5. The molecular weight excluding hydrogens is 330 g/mol. The van der Waals surface area contributed by atoms with Gasteiger partial charge >= 0.3 is 0 Å². The quantitative estimate of drug-likeness (QED) is 0.741. The van der Waals surface area contributed by atoms with Crippen LogP contribution in [-0.4, -0.2) is 47.6 Å². The Morgan fingerprint density at radius 2 is 2.00 bits per heavy atom. The minimum absolute atomic E-state index is 0.0976. The van der Waals surface area contributed by atoms with Gasteiger partial charge in [-0.15, -0.1) is 0 Å². The molecule has 0 saturated carbocycles. The molecule has 1 atom stereocenters. The van der Waals surface area contributed by atoms with Crippen molar-refractivity contribution in [1.29, 1.82) is 0 Å². The smallest absolute Gasteiger partial charge is 0.154 e. The number of phenolic OH excluding ortho intramolecular Hbond substituents is 2. The monoisotopic (exact) mass is 355 g/mol. The maximum atomic E-state index is 11.4. The van der Waals surface area contributed by atoms with Crippen molar-refractivity contribution in [3.63, 3.8) is 0 Å². The molecule has 0 spiro atoms. The molecule has 1 aliphatic rings. The first-order valence-electron chi connectivity index (χ1n) is 9.07. The number of ether oxygens (including phenoxy) is 1. The van der Waals surface area contributed by atoms with Crippen LogP contribution in [0.2, 0.25) is 0 Å². The predicted octanol–water partition coefficient (Wildman–Crippen LogP) is 3.69. The maximum absolute atomic E-state index is 11.4. The van der Waals surface area contributed by atoms with Crippen molar-refractivity contribution < 1.29 is 19.7 Å². The second-order valence-corrected chi connectivity index (χ2v) is 6.83. The molecule has 2 aromatic rings. The van der Waals surface area contributed by atoms with Gasteiger partial charge < -0.3 is 19.8 Å². The topological polar surface area (TPSA) is 70.0 Å². The number of rotatable bonds is 7. The summed E-state index contributed by atoms with van der Waals surface area (Å²) in [5.74, 6) is 1.08. The van der Waals surface area contributed by atoms with Crippen LogP contribution in [0.5, 0.6) is 17.2 Å². The molecule has 0 radical (unpaired) electrons. The van der Waals surface area contributed by atoms with Gasteiger partial charge in [0.05, 0.1) is 12.2 Å². The summed E-state index contributed by atoms with van der Waals surface area (Å²) < 4.78 is 5.93. The summed E-state index contributed by atoms with van der Waals surface area (Å²) in [4.78, 5) is 13.9. The van der Waals surface area contributed by atoms with Crippen LogP contribution in [0.25, 0.3) is 11.1 Å². The third-order valence-electron chi connectivity index (χ3n) is 4.82. The summed E-state index contributed by atoms with van der Waals surface area (Å²) in [6.45, 7) is 6.05. The molecule has 3 rings (SSSR count). The van der Waals surface area contributed by atoms with E-state index in [-0.39, 0.29) is 17.1 Å². The van der Waals surface area contributed by atoms with Gasteiger partial charge in [0, 0.05) is 18.5 Å². The first-order valence-corrected chi connectivity index (χ1v) is 9.07. The molecule has 138 valence electrons. The lowest BCUT2D eigenvalue weighted by Crippen LogP contribution is -2.23. The number of likely N-dealkylation sites (tertiary alicyclic amines) is 1. The van der Waals surface area contributed by atoms with Crippen molar-refractivity contribution in [1.82, 2.24) is 4.90 Å². The Kier molecular flexibility index (Phi) is 5.78. The largest absolute Gasteiger partial charge is 0.508 e. The van der Waals surface area contributed by atoms with E-state index in [0.29, 0.717) is 30.1 Å². The van der Waals surface area contributed by atoms with Crippen LogP contribution < -0.4 is 4.74 Å². The molecule has 1 aliphatic heterocycles. The van der Waals surface area contributed by atoms with Gasteiger partial charge in [0.25, 0.3) is 0 Å². The molecule has 0 bridgehead atoms. The second-order valence-electron chi connectivity index (χ2n) is 6.83. The van der Waals surface area contributed by atoms with E-state index >= 15 is 0 Å². The molecule has 5 heteroatoms. The van der Waals surface area contributed by atoms with Crippen LogP contribution in [0.1, 0.15) is 30.1 Å². The summed E-state index contributed by atoms with van der Waals surface area (Å²) in [5.41, 5.74) is 1.55. The fourth-order valence-electron chi connectivity index (χ4n) is 3.48. The highest BCUT2D eigenvalue weighted by Crippen LogP contribution is 2.34. The van der Waals surface area contributed by atoms with Crippen LogP contribution in [0.15, 0.2) is 36.4 Å². The van der Waals surface area contributed by atoms with Crippen LogP contribution in [0.4, 0.5) is 0 Å². The average Bonchev–Trinajstić information content (AvgIpc) is 3.08. The van der Waals surface area contributed by atoms with E-state index in [1.807, 2.05) is 0 Å². The lowest BCUT2D eigenvalue weighted by molar-refractivity contribution is 0.112. The first-order chi connectivity index (χ1) is 12.6. The molecule has 1 fully saturated rings. The highest BCUT2D eigenvalue weighted by atomic mass is 16.5. The van der Waals surface area contributed by atoms with E-state index in [4.69, 9.17) is 4.74 Å². The molecule has 1 saturated heterocycles. The number of carbonyl (C=O) groups excluding carboxylic acids is 1. The van der Waals surface area contributed by atoms with Gasteiger partial charge in [0.2, 0.25) is 0 Å². The van der Waals surface area contributed by atoms with Gasteiger partial charge in [0.15, 0.2) is 6.29 Å².